The molecule has 0 aliphatic heterocycles. The molecule has 0 fully saturated rings. The summed E-state index contributed by atoms with van der Waals surface area (Å²) in [5.41, 5.74) is 2.28. The fourth-order valence-corrected chi connectivity index (χ4v) is 3.06. The first-order valence-electron chi connectivity index (χ1n) is 7.12. The smallest absolute Gasteiger partial charge is 0.270 e. The van der Waals surface area contributed by atoms with Gasteiger partial charge in [-0.1, -0.05) is 29.8 Å². The minimum atomic E-state index is -0.176. The quantitative estimate of drug-likeness (QED) is 0.766. The van der Waals surface area contributed by atoms with Crippen LogP contribution in [0, 0.1) is 0 Å². The fourth-order valence-electron chi connectivity index (χ4n) is 2.07. The number of aromatic nitrogens is 2. The first kappa shape index (κ1) is 15.6. The van der Waals surface area contributed by atoms with Crippen molar-refractivity contribution in [3.63, 3.8) is 0 Å². The van der Waals surface area contributed by atoms with Gasteiger partial charge in [0.1, 0.15) is 10.7 Å². The highest BCUT2D eigenvalue weighted by Crippen LogP contribution is 2.25. The number of nitrogens with zero attached hydrogens (tertiary/aromatic N) is 2. The van der Waals surface area contributed by atoms with Gasteiger partial charge in [-0.3, -0.25) is 9.78 Å². The molecule has 0 radical (unpaired) electrons. The number of rotatable bonds is 5. The maximum absolute atomic E-state index is 12.1. The van der Waals surface area contributed by atoms with Gasteiger partial charge in [0.05, 0.1) is 0 Å². The zero-order chi connectivity index (χ0) is 16.1. The second-order valence-electron chi connectivity index (χ2n) is 4.88. The van der Waals surface area contributed by atoms with Crippen molar-refractivity contribution >= 4 is 28.8 Å². The van der Waals surface area contributed by atoms with Crippen LogP contribution in [-0.2, 0) is 6.42 Å². The largest absolute Gasteiger partial charge is 0.350 e. The minimum Gasteiger partial charge on any atom is -0.350 e. The monoisotopic (exact) mass is 343 g/mol. The molecular weight excluding hydrogens is 330 g/mol. The van der Waals surface area contributed by atoms with Gasteiger partial charge in [0.15, 0.2) is 0 Å². The van der Waals surface area contributed by atoms with Crippen LogP contribution in [0.4, 0.5) is 0 Å². The first-order chi connectivity index (χ1) is 11.2. The maximum Gasteiger partial charge on any atom is 0.270 e. The number of thiazole rings is 1. The second-order valence-corrected chi connectivity index (χ2v) is 6.17. The van der Waals surface area contributed by atoms with E-state index in [2.05, 4.69) is 15.3 Å². The third-order valence-electron chi connectivity index (χ3n) is 3.20. The van der Waals surface area contributed by atoms with Crippen LogP contribution in [-0.4, -0.2) is 22.4 Å². The molecule has 116 valence electrons. The lowest BCUT2D eigenvalue weighted by Crippen LogP contribution is -2.26. The molecule has 0 aliphatic carbocycles. The van der Waals surface area contributed by atoms with Gasteiger partial charge in [-0.2, -0.15) is 0 Å². The Kier molecular flexibility index (Phi) is 5.00. The molecule has 3 aromatic rings. The number of halogens is 1. The Hall–Kier alpha value is -2.24. The lowest BCUT2D eigenvalue weighted by molar-refractivity contribution is 0.0950. The summed E-state index contributed by atoms with van der Waals surface area (Å²) in [5.74, 6) is -0.176. The SMILES string of the molecule is O=C(NCCc1ccccn1)c1csc(-c2cccc(Cl)c2)n1. The molecule has 23 heavy (non-hydrogen) atoms. The average molecular weight is 344 g/mol. The van der Waals surface area contributed by atoms with Gasteiger partial charge in [-0.05, 0) is 24.3 Å². The van der Waals surface area contributed by atoms with E-state index in [9.17, 15) is 4.79 Å². The Bertz CT molecular complexity index is 804. The number of benzene rings is 1. The van der Waals surface area contributed by atoms with Crippen LogP contribution in [0.1, 0.15) is 16.2 Å². The highest BCUT2D eigenvalue weighted by Gasteiger charge is 2.11. The average Bonchev–Trinajstić information content (AvgIpc) is 3.06. The summed E-state index contributed by atoms with van der Waals surface area (Å²) in [6.45, 7) is 0.528. The molecule has 0 atom stereocenters. The van der Waals surface area contributed by atoms with E-state index in [0.717, 1.165) is 16.3 Å². The fraction of sp³-hybridized carbons (Fsp3) is 0.118. The van der Waals surface area contributed by atoms with E-state index >= 15 is 0 Å². The molecule has 2 heterocycles. The van der Waals surface area contributed by atoms with Gasteiger partial charge >= 0.3 is 0 Å². The molecule has 2 aromatic heterocycles. The van der Waals surface area contributed by atoms with E-state index in [4.69, 9.17) is 11.6 Å². The van der Waals surface area contributed by atoms with Crippen LogP contribution in [0.15, 0.2) is 54.0 Å². The maximum atomic E-state index is 12.1. The van der Waals surface area contributed by atoms with E-state index in [0.29, 0.717) is 23.7 Å². The topological polar surface area (TPSA) is 54.9 Å². The van der Waals surface area contributed by atoms with Gasteiger partial charge in [-0.25, -0.2) is 4.98 Å². The summed E-state index contributed by atoms with van der Waals surface area (Å²) >= 11 is 7.41. The van der Waals surface area contributed by atoms with E-state index < -0.39 is 0 Å². The molecule has 0 saturated carbocycles. The number of hydrogen-bond donors (Lipinski definition) is 1. The minimum absolute atomic E-state index is 0.176. The third kappa shape index (κ3) is 4.15. The van der Waals surface area contributed by atoms with Crippen molar-refractivity contribution in [1.29, 1.82) is 0 Å². The molecule has 0 aliphatic rings. The third-order valence-corrected chi connectivity index (χ3v) is 4.33. The highest BCUT2D eigenvalue weighted by atomic mass is 35.5. The lowest BCUT2D eigenvalue weighted by atomic mass is 10.2. The number of carbonyl (C=O) groups is 1. The Morgan fingerprint density at radius 2 is 2.13 bits per heavy atom. The zero-order valence-corrected chi connectivity index (χ0v) is 13.8. The number of pyridine rings is 1. The van der Waals surface area contributed by atoms with Gasteiger partial charge in [0, 0.05) is 40.8 Å². The molecule has 0 saturated heterocycles. The summed E-state index contributed by atoms with van der Waals surface area (Å²) in [7, 11) is 0. The Morgan fingerprint density at radius 1 is 1.22 bits per heavy atom. The summed E-state index contributed by atoms with van der Waals surface area (Å²) in [6.07, 6.45) is 2.44. The van der Waals surface area contributed by atoms with Crippen molar-refractivity contribution in [1.82, 2.24) is 15.3 Å². The van der Waals surface area contributed by atoms with Gasteiger partial charge in [-0.15, -0.1) is 11.3 Å². The van der Waals surface area contributed by atoms with Crippen LogP contribution < -0.4 is 5.32 Å². The van der Waals surface area contributed by atoms with Crippen LogP contribution in [0.25, 0.3) is 10.6 Å². The second kappa shape index (κ2) is 7.35. The van der Waals surface area contributed by atoms with Crippen molar-refractivity contribution in [2.24, 2.45) is 0 Å². The van der Waals surface area contributed by atoms with Crippen LogP contribution in [0.3, 0.4) is 0 Å². The van der Waals surface area contributed by atoms with E-state index in [1.807, 2.05) is 42.5 Å². The molecule has 1 N–H and O–H groups in total. The van der Waals surface area contributed by atoms with Crippen molar-refractivity contribution in [3.05, 3.63) is 70.5 Å². The summed E-state index contributed by atoms with van der Waals surface area (Å²) < 4.78 is 0. The Labute approximate surface area is 143 Å². The number of amides is 1. The van der Waals surface area contributed by atoms with Gasteiger partial charge < -0.3 is 5.32 Å². The predicted molar refractivity (Wildman–Crippen MR) is 92.8 cm³/mol. The van der Waals surface area contributed by atoms with E-state index in [-0.39, 0.29) is 5.91 Å². The van der Waals surface area contributed by atoms with Crippen molar-refractivity contribution < 1.29 is 4.79 Å². The molecule has 0 bridgehead atoms. The number of hydrogen-bond acceptors (Lipinski definition) is 4. The molecule has 1 aromatic carbocycles. The Balaban J connectivity index is 1.60. The molecular formula is C17H14ClN3OS. The van der Waals surface area contributed by atoms with E-state index in [1.54, 1.807) is 11.6 Å². The van der Waals surface area contributed by atoms with Gasteiger partial charge in [0.25, 0.3) is 5.91 Å². The first-order valence-corrected chi connectivity index (χ1v) is 8.38. The molecule has 4 nitrogen and oxygen atoms in total. The van der Waals surface area contributed by atoms with Crippen LogP contribution in [0.5, 0.6) is 0 Å². The zero-order valence-electron chi connectivity index (χ0n) is 12.2. The van der Waals surface area contributed by atoms with E-state index in [1.165, 1.54) is 11.3 Å². The predicted octanol–water partition coefficient (Wildman–Crippen LogP) is 3.83. The van der Waals surface area contributed by atoms with Crippen LogP contribution in [0.2, 0.25) is 5.02 Å². The van der Waals surface area contributed by atoms with Gasteiger partial charge in [0.2, 0.25) is 0 Å². The molecule has 0 unspecified atom stereocenters. The summed E-state index contributed by atoms with van der Waals surface area (Å²) in [5, 5.41) is 6.05. The van der Waals surface area contributed by atoms with Crippen molar-refractivity contribution in [2.75, 3.05) is 6.54 Å². The summed E-state index contributed by atoms with van der Waals surface area (Å²) in [4.78, 5) is 20.7. The lowest BCUT2D eigenvalue weighted by Gasteiger charge is -2.02. The normalized spacial score (nSPS) is 10.5. The van der Waals surface area contributed by atoms with Crippen molar-refractivity contribution in [3.8, 4) is 10.6 Å². The number of nitrogens with one attached hydrogen (secondary N) is 1. The van der Waals surface area contributed by atoms with Crippen molar-refractivity contribution in [2.45, 2.75) is 6.42 Å². The summed E-state index contributed by atoms with van der Waals surface area (Å²) in [6, 6.07) is 13.2. The number of carbonyl (C=O) groups excluding carboxylic acids is 1. The Morgan fingerprint density at radius 3 is 2.91 bits per heavy atom. The van der Waals surface area contributed by atoms with Crippen LogP contribution >= 0.6 is 22.9 Å². The highest BCUT2D eigenvalue weighted by molar-refractivity contribution is 7.13. The molecule has 6 heteroatoms. The standard InChI is InChI=1S/C17H14ClN3OS/c18-13-5-3-4-12(10-13)17-21-15(11-23-17)16(22)20-9-7-14-6-1-2-8-19-14/h1-6,8,10-11H,7,9H2,(H,20,22). The molecule has 0 spiro atoms. The molecule has 3 rings (SSSR count). The molecule has 1 amide bonds.